The van der Waals surface area contributed by atoms with Gasteiger partial charge in [-0.2, -0.15) is 0 Å². The van der Waals surface area contributed by atoms with Crippen LogP contribution in [-0.4, -0.2) is 75.1 Å². The van der Waals surface area contributed by atoms with E-state index >= 15 is 0 Å². The normalized spacial score (nSPS) is 16.2. The van der Waals surface area contributed by atoms with Gasteiger partial charge < -0.3 is 28.6 Å². The summed E-state index contributed by atoms with van der Waals surface area (Å²) >= 11 is 1.22. The van der Waals surface area contributed by atoms with Gasteiger partial charge in [0.05, 0.1) is 55.9 Å². The largest absolute Gasteiger partial charge is 0.497 e. The molecule has 2 aliphatic heterocycles. The molecule has 248 valence electrons. The van der Waals surface area contributed by atoms with Crippen LogP contribution in [0.15, 0.2) is 88.2 Å². The third-order valence-electron chi connectivity index (χ3n) is 8.01. The van der Waals surface area contributed by atoms with Gasteiger partial charge in [0.1, 0.15) is 5.75 Å². The fourth-order valence-corrected chi connectivity index (χ4v) is 6.63. The van der Waals surface area contributed by atoms with Crippen molar-refractivity contribution in [2.45, 2.75) is 13.0 Å². The van der Waals surface area contributed by atoms with Crippen LogP contribution >= 0.6 is 11.3 Å². The van der Waals surface area contributed by atoms with Crippen molar-refractivity contribution in [1.29, 1.82) is 0 Å². The Morgan fingerprint density at radius 2 is 1.73 bits per heavy atom. The second kappa shape index (κ2) is 14.7. The van der Waals surface area contributed by atoms with E-state index in [9.17, 15) is 14.4 Å². The predicted octanol–water partition coefficient (Wildman–Crippen LogP) is 3.19. The van der Waals surface area contributed by atoms with Crippen LogP contribution in [0.5, 0.6) is 17.2 Å². The zero-order valence-electron chi connectivity index (χ0n) is 26.8. The van der Waals surface area contributed by atoms with E-state index in [1.807, 2.05) is 42.5 Å². The molecule has 0 saturated carbocycles. The van der Waals surface area contributed by atoms with E-state index in [1.165, 1.54) is 18.4 Å². The summed E-state index contributed by atoms with van der Waals surface area (Å²) in [6, 6.07) is 21.1. The first-order valence-corrected chi connectivity index (χ1v) is 16.3. The molecule has 48 heavy (non-hydrogen) atoms. The molecule has 12 heteroatoms. The van der Waals surface area contributed by atoms with Crippen molar-refractivity contribution in [1.82, 2.24) is 9.47 Å². The Kier molecular flexibility index (Phi) is 10.0. The average Bonchev–Trinajstić information content (AvgIpc) is 3.44. The Bertz CT molecular complexity index is 2010. The molecule has 0 bridgehead atoms. The first-order chi connectivity index (χ1) is 23.4. The summed E-state index contributed by atoms with van der Waals surface area (Å²) in [4.78, 5) is 47.5. The van der Waals surface area contributed by atoms with Gasteiger partial charge >= 0.3 is 5.97 Å². The number of methoxy groups -OCH3 is 2. The summed E-state index contributed by atoms with van der Waals surface area (Å²) < 4.78 is 29.6. The minimum absolute atomic E-state index is 0.131. The maximum atomic E-state index is 14.2. The molecule has 1 atom stereocenters. The fourth-order valence-electron chi connectivity index (χ4n) is 5.63. The number of ether oxygens (including phenoxy) is 5. The minimum atomic E-state index is -0.808. The van der Waals surface area contributed by atoms with E-state index in [4.69, 9.17) is 28.7 Å². The van der Waals surface area contributed by atoms with Crippen molar-refractivity contribution < 1.29 is 33.3 Å². The van der Waals surface area contributed by atoms with Gasteiger partial charge in [-0.15, -0.1) is 0 Å². The molecule has 6 rings (SSSR count). The molecule has 0 N–H and O–H groups in total. The molecular formula is C36H35N3O8S. The molecule has 3 heterocycles. The molecule has 1 saturated heterocycles. The van der Waals surface area contributed by atoms with Gasteiger partial charge in [0.2, 0.25) is 0 Å². The van der Waals surface area contributed by atoms with Crippen LogP contribution in [-0.2, 0) is 19.1 Å². The van der Waals surface area contributed by atoms with Gasteiger partial charge in [-0.05, 0) is 48.4 Å². The molecule has 0 unspecified atom stereocenters. The van der Waals surface area contributed by atoms with E-state index in [1.54, 1.807) is 59.9 Å². The van der Waals surface area contributed by atoms with Crippen LogP contribution in [0, 0.1) is 0 Å². The van der Waals surface area contributed by atoms with Crippen molar-refractivity contribution in [3.8, 4) is 17.2 Å². The number of benzene rings is 3. The minimum Gasteiger partial charge on any atom is -0.497 e. The summed E-state index contributed by atoms with van der Waals surface area (Å²) in [5.41, 5.74) is 2.50. The maximum Gasteiger partial charge on any atom is 0.338 e. The highest BCUT2D eigenvalue weighted by Crippen LogP contribution is 2.36. The maximum absolute atomic E-state index is 14.2. The highest BCUT2D eigenvalue weighted by atomic mass is 32.1. The van der Waals surface area contributed by atoms with Gasteiger partial charge in [0.25, 0.3) is 11.5 Å². The summed E-state index contributed by atoms with van der Waals surface area (Å²) in [5, 5.41) is 0. The van der Waals surface area contributed by atoms with Crippen LogP contribution in [0.4, 0.5) is 0 Å². The molecule has 0 aliphatic carbocycles. The van der Waals surface area contributed by atoms with E-state index < -0.39 is 12.0 Å². The number of rotatable bonds is 10. The molecule has 0 spiro atoms. The summed E-state index contributed by atoms with van der Waals surface area (Å²) in [6.45, 7) is 3.84. The van der Waals surface area contributed by atoms with E-state index in [0.29, 0.717) is 69.7 Å². The van der Waals surface area contributed by atoms with Gasteiger partial charge in [-0.3, -0.25) is 14.2 Å². The number of aromatic nitrogens is 1. The first kappa shape index (κ1) is 32.7. The Labute approximate surface area is 280 Å². The predicted molar refractivity (Wildman–Crippen MR) is 180 cm³/mol. The molecule has 11 nitrogen and oxygen atoms in total. The summed E-state index contributed by atoms with van der Waals surface area (Å²) in [5.74, 6) is 0.779. The lowest BCUT2D eigenvalue weighted by Gasteiger charge is -2.26. The number of morpholine rings is 1. The number of nitrogens with zero attached hydrogens (tertiary/aromatic N) is 3. The number of amides is 1. The van der Waals surface area contributed by atoms with Crippen molar-refractivity contribution in [2.24, 2.45) is 4.99 Å². The van der Waals surface area contributed by atoms with Crippen LogP contribution in [0.25, 0.3) is 11.8 Å². The quantitative estimate of drug-likeness (QED) is 0.237. The molecule has 2 aliphatic rings. The molecule has 1 aromatic heterocycles. The Hall–Kier alpha value is -5.20. The van der Waals surface area contributed by atoms with Crippen molar-refractivity contribution in [2.75, 3.05) is 53.7 Å². The smallest absolute Gasteiger partial charge is 0.338 e. The molecule has 1 amide bonds. The lowest BCUT2D eigenvalue weighted by molar-refractivity contribution is -0.139. The number of carbonyl (C=O) groups excluding carboxylic acids is 2. The first-order valence-electron chi connectivity index (χ1n) is 15.5. The number of thiazole rings is 1. The van der Waals surface area contributed by atoms with Gasteiger partial charge in [0.15, 0.2) is 22.9 Å². The van der Waals surface area contributed by atoms with Gasteiger partial charge in [0, 0.05) is 18.7 Å². The molecule has 1 fully saturated rings. The number of esters is 1. The van der Waals surface area contributed by atoms with E-state index in [2.05, 4.69) is 0 Å². The second-order valence-electron chi connectivity index (χ2n) is 10.9. The number of hydrogen-bond donors (Lipinski definition) is 0. The van der Waals surface area contributed by atoms with Crippen LogP contribution in [0.1, 0.15) is 29.7 Å². The summed E-state index contributed by atoms with van der Waals surface area (Å²) in [7, 11) is 3.09. The van der Waals surface area contributed by atoms with Crippen molar-refractivity contribution >= 4 is 35.0 Å². The third kappa shape index (κ3) is 6.76. The standard InChI is InChI=1S/C36H35N3O8S/c1-4-46-35(42)31-32(24-8-6-5-7-9-24)37-36-39(33(31)25-11-13-26(43-2)14-12-25)34(41)29(48-36)21-23-10-15-27(28(20-23)44-3)47-22-30(40)38-16-18-45-19-17-38/h5-15,20-21,33H,4,16-19,22H2,1-3H3/b29-21+/t33-/m1/s1. The number of carbonyl (C=O) groups is 2. The zero-order valence-corrected chi connectivity index (χ0v) is 27.7. The van der Waals surface area contributed by atoms with Crippen LogP contribution in [0.3, 0.4) is 0 Å². The Morgan fingerprint density at radius 1 is 0.979 bits per heavy atom. The van der Waals surface area contributed by atoms with Crippen molar-refractivity contribution in [3.63, 3.8) is 0 Å². The molecule has 4 aromatic rings. The molecular weight excluding hydrogens is 634 g/mol. The SMILES string of the molecule is CCOC(=O)C1=C(c2ccccc2)N=c2s/c(=C/c3ccc(OCC(=O)N4CCOCC4)c(OC)c3)c(=O)n2[C@@H]1c1ccc(OC)cc1. The molecule has 0 radical (unpaired) electrons. The highest BCUT2D eigenvalue weighted by Gasteiger charge is 2.35. The van der Waals surface area contributed by atoms with E-state index in [-0.39, 0.29) is 30.3 Å². The fraction of sp³-hybridized carbons (Fsp3) is 0.278. The average molecular weight is 670 g/mol. The van der Waals surface area contributed by atoms with Crippen LogP contribution < -0.4 is 29.1 Å². The monoisotopic (exact) mass is 669 g/mol. The topological polar surface area (TPSA) is 118 Å². The van der Waals surface area contributed by atoms with Crippen LogP contribution in [0.2, 0.25) is 0 Å². The Balaban J connectivity index is 1.42. The van der Waals surface area contributed by atoms with Gasteiger partial charge in [-0.1, -0.05) is 59.9 Å². The van der Waals surface area contributed by atoms with Crippen molar-refractivity contribution in [3.05, 3.63) is 115 Å². The molecule has 3 aromatic carbocycles. The second-order valence-corrected chi connectivity index (χ2v) is 11.9. The lowest BCUT2D eigenvalue weighted by atomic mass is 9.93. The summed E-state index contributed by atoms with van der Waals surface area (Å²) in [6.07, 6.45) is 1.75. The van der Waals surface area contributed by atoms with Gasteiger partial charge in [-0.25, -0.2) is 9.79 Å². The van der Waals surface area contributed by atoms with E-state index in [0.717, 1.165) is 5.56 Å². The lowest BCUT2D eigenvalue weighted by Crippen LogP contribution is -2.43. The third-order valence-corrected chi connectivity index (χ3v) is 8.99. The zero-order chi connectivity index (χ0) is 33.6. The Morgan fingerprint density at radius 3 is 2.42 bits per heavy atom. The number of fused-ring (bicyclic) bond motifs is 1. The highest BCUT2D eigenvalue weighted by molar-refractivity contribution is 7.07. The number of hydrogen-bond acceptors (Lipinski definition) is 10.